The fraction of sp³-hybridized carbons (Fsp3) is 0.667. The Kier molecular flexibility index (Phi) is 6.42. The van der Waals surface area contributed by atoms with Crippen molar-refractivity contribution in [1.82, 2.24) is 0 Å². The molecule has 2 saturated carbocycles. The second-order valence-electron chi connectivity index (χ2n) is 11.2. The highest BCUT2D eigenvalue weighted by atomic mass is 19.4. The molecule has 0 radical (unpaired) electrons. The molecule has 39 heavy (non-hydrogen) atoms. The molecular formula is C27H29F3O9. The van der Waals surface area contributed by atoms with E-state index in [0.29, 0.717) is 23.3 Å². The molecule has 3 saturated heterocycles. The first-order valence-corrected chi connectivity index (χ1v) is 13.2. The number of halogens is 3. The van der Waals surface area contributed by atoms with E-state index in [1.807, 2.05) is 0 Å². The van der Waals surface area contributed by atoms with Gasteiger partial charge in [-0.3, -0.25) is 4.79 Å². The lowest BCUT2D eigenvalue weighted by atomic mass is 9.76. The van der Waals surface area contributed by atoms with E-state index < -0.39 is 67.2 Å². The first kappa shape index (κ1) is 26.5. The minimum absolute atomic E-state index is 0.0712. The fourth-order valence-corrected chi connectivity index (χ4v) is 6.68. The highest BCUT2D eigenvalue weighted by Crippen LogP contribution is 2.55. The predicted molar refractivity (Wildman–Crippen MR) is 123 cm³/mol. The van der Waals surface area contributed by atoms with Crippen molar-refractivity contribution < 1.29 is 56.0 Å². The number of fused-ring (bicyclic) bond motifs is 5. The Morgan fingerprint density at radius 2 is 1.69 bits per heavy atom. The molecule has 1 aromatic carbocycles. The minimum atomic E-state index is -4.66. The van der Waals surface area contributed by atoms with Crippen molar-refractivity contribution in [2.24, 2.45) is 29.6 Å². The van der Waals surface area contributed by atoms with Crippen molar-refractivity contribution in [3.8, 4) is 0 Å². The third kappa shape index (κ3) is 4.50. The molecule has 212 valence electrons. The zero-order valence-electron chi connectivity index (χ0n) is 21.5. The van der Waals surface area contributed by atoms with Gasteiger partial charge in [0.15, 0.2) is 30.9 Å². The largest absolute Gasteiger partial charge is 0.454 e. The van der Waals surface area contributed by atoms with Gasteiger partial charge in [0.2, 0.25) is 6.10 Å². The molecule has 9 nitrogen and oxygen atoms in total. The normalized spacial score (nSPS) is 41.2. The molecule has 0 aromatic heterocycles. The number of carbonyl (C=O) groups is 3. The van der Waals surface area contributed by atoms with Crippen molar-refractivity contribution in [2.75, 3.05) is 0 Å². The Morgan fingerprint density at radius 3 is 2.33 bits per heavy atom. The number of alkyl halides is 3. The lowest BCUT2D eigenvalue weighted by Gasteiger charge is -2.31. The Balaban J connectivity index is 1.06. The number of hydrogen-bond acceptors (Lipinski definition) is 9. The fourth-order valence-electron chi connectivity index (χ4n) is 6.68. The van der Waals surface area contributed by atoms with Crippen LogP contribution in [0.3, 0.4) is 0 Å². The average molecular weight is 555 g/mol. The van der Waals surface area contributed by atoms with Crippen LogP contribution < -0.4 is 0 Å². The molecule has 5 aliphatic rings. The smallest absolute Gasteiger partial charge is 0.425 e. The van der Waals surface area contributed by atoms with Crippen LogP contribution in [0.4, 0.5) is 13.2 Å². The molecule has 2 aliphatic carbocycles. The van der Waals surface area contributed by atoms with Gasteiger partial charge in [-0.1, -0.05) is 26.0 Å². The van der Waals surface area contributed by atoms with Gasteiger partial charge in [0.1, 0.15) is 6.10 Å². The Hall–Kier alpha value is -2.70. The molecule has 0 amide bonds. The molecule has 1 aromatic rings. The van der Waals surface area contributed by atoms with Crippen LogP contribution in [-0.4, -0.2) is 60.9 Å². The molecular weight excluding hydrogens is 525 g/mol. The van der Waals surface area contributed by atoms with Crippen LogP contribution >= 0.6 is 0 Å². The van der Waals surface area contributed by atoms with Crippen molar-refractivity contribution >= 4 is 17.9 Å². The highest BCUT2D eigenvalue weighted by molar-refractivity contribution is 5.89. The summed E-state index contributed by atoms with van der Waals surface area (Å²) in [6.07, 6.45) is -10.6. The van der Waals surface area contributed by atoms with Crippen LogP contribution in [0.1, 0.15) is 55.8 Å². The molecule has 6 rings (SSSR count). The van der Waals surface area contributed by atoms with E-state index >= 15 is 0 Å². The topological polar surface area (TPSA) is 107 Å². The highest BCUT2D eigenvalue weighted by Gasteiger charge is 2.64. The third-order valence-corrected chi connectivity index (χ3v) is 9.13. The summed E-state index contributed by atoms with van der Waals surface area (Å²) in [5.41, 5.74) is 0.398. The summed E-state index contributed by atoms with van der Waals surface area (Å²) in [4.78, 5) is 37.6. The summed E-state index contributed by atoms with van der Waals surface area (Å²) >= 11 is 0. The van der Waals surface area contributed by atoms with E-state index in [1.165, 1.54) is 24.3 Å². The number of ether oxygens (including phenoxy) is 6. The van der Waals surface area contributed by atoms with Gasteiger partial charge >= 0.3 is 24.1 Å². The van der Waals surface area contributed by atoms with Crippen molar-refractivity contribution in [3.05, 3.63) is 35.4 Å². The predicted octanol–water partition coefficient (Wildman–Crippen LogP) is 3.70. The first-order valence-electron chi connectivity index (χ1n) is 13.2. The quantitative estimate of drug-likeness (QED) is 0.398. The second kappa shape index (κ2) is 9.45. The van der Waals surface area contributed by atoms with Crippen molar-refractivity contribution in [1.29, 1.82) is 0 Å². The zero-order valence-corrected chi connectivity index (χ0v) is 21.5. The monoisotopic (exact) mass is 554 g/mol. The Bertz CT molecular complexity index is 1150. The van der Waals surface area contributed by atoms with E-state index in [9.17, 15) is 27.6 Å². The summed E-state index contributed by atoms with van der Waals surface area (Å²) in [7, 11) is 0. The van der Waals surface area contributed by atoms with Gasteiger partial charge in [0, 0.05) is 5.56 Å². The van der Waals surface area contributed by atoms with E-state index in [4.69, 9.17) is 23.7 Å². The van der Waals surface area contributed by atoms with Gasteiger partial charge in [0.05, 0.1) is 11.5 Å². The van der Waals surface area contributed by atoms with Crippen LogP contribution in [0, 0.1) is 29.6 Å². The maximum absolute atomic E-state index is 13.0. The van der Waals surface area contributed by atoms with Crippen LogP contribution in [0.5, 0.6) is 0 Å². The van der Waals surface area contributed by atoms with Crippen LogP contribution in [0.25, 0.3) is 0 Å². The third-order valence-electron chi connectivity index (χ3n) is 9.13. The lowest BCUT2D eigenvalue weighted by Crippen LogP contribution is -2.39. The van der Waals surface area contributed by atoms with Gasteiger partial charge in [-0.05, 0) is 55.6 Å². The first-order chi connectivity index (χ1) is 18.4. The molecule has 12 unspecified atom stereocenters. The lowest BCUT2D eigenvalue weighted by molar-refractivity contribution is -0.198. The van der Waals surface area contributed by atoms with Crippen LogP contribution in [0.2, 0.25) is 0 Å². The van der Waals surface area contributed by atoms with E-state index in [0.717, 1.165) is 19.8 Å². The summed E-state index contributed by atoms with van der Waals surface area (Å²) in [5, 5.41) is 0. The van der Waals surface area contributed by atoms with Crippen LogP contribution in [-0.2, 0) is 38.0 Å². The number of benzene rings is 1. The van der Waals surface area contributed by atoms with Gasteiger partial charge in [-0.25, -0.2) is 9.59 Å². The maximum atomic E-state index is 13.0. The molecule has 12 atom stereocenters. The van der Waals surface area contributed by atoms with Crippen molar-refractivity contribution in [2.45, 2.75) is 82.9 Å². The van der Waals surface area contributed by atoms with E-state index in [-0.39, 0.29) is 17.4 Å². The number of carbonyl (C=O) groups excluding carboxylic acids is 3. The molecule has 5 fully saturated rings. The molecule has 3 heterocycles. The molecule has 0 N–H and O–H groups in total. The summed E-state index contributed by atoms with van der Waals surface area (Å²) < 4.78 is 71.2. The van der Waals surface area contributed by atoms with Gasteiger partial charge in [-0.2, -0.15) is 13.2 Å². The van der Waals surface area contributed by atoms with Gasteiger partial charge < -0.3 is 28.4 Å². The Labute approximate surface area is 222 Å². The average Bonchev–Trinajstić information content (AvgIpc) is 3.67. The SMILES string of the molecule is CC1C2CC(C(=O)OC3C(=O)OC4C5OC(c6ccc(C(=O)OC(C)C(F)(F)F)cc6)OC5OC34)C(C2)C1C. The van der Waals surface area contributed by atoms with E-state index in [2.05, 4.69) is 18.6 Å². The Morgan fingerprint density at radius 1 is 0.974 bits per heavy atom. The summed E-state index contributed by atoms with van der Waals surface area (Å²) in [6, 6.07) is 5.52. The molecule has 0 spiro atoms. The maximum Gasteiger partial charge on any atom is 0.425 e. The van der Waals surface area contributed by atoms with Gasteiger partial charge in [0.25, 0.3) is 0 Å². The molecule has 2 bridgehead atoms. The van der Waals surface area contributed by atoms with Crippen LogP contribution in [0.15, 0.2) is 24.3 Å². The molecule has 12 heteroatoms. The van der Waals surface area contributed by atoms with E-state index in [1.54, 1.807) is 0 Å². The second-order valence-corrected chi connectivity index (χ2v) is 11.2. The van der Waals surface area contributed by atoms with Crippen molar-refractivity contribution in [3.63, 3.8) is 0 Å². The number of esters is 3. The summed E-state index contributed by atoms with van der Waals surface area (Å²) in [6.45, 7) is 5.13. The van der Waals surface area contributed by atoms with Gasteiger partial charge in [-0.15, -0.1) is 0 Å². The zero-order chi connectivity index (χ0) is 27.8. The standard InChI is InChI=1S/C27H29F3O9/c1-10-11(2)16-8-15(10)9-17(16)23(32)36-20-18-19(35-24(20)33)21-26(37-18)39-25(38-21)14-6-4-13(5-7-14)22(31)34-12(3)27(28,29)30/h4-7,10-12,15-21,25-26H,8-9H2,1-3H3. The minimum Gasteiger partial charge on any atom is -0.454 e. The number of rotatable bonds is 5. The molecule has 3 aliphatic heterocycles. The summed E-state index contributed by atoms with van der Waals surface area (Å²) in [5.74, 6) is -0.690. The number of hydrogen-bond donors (Lipinski definition) is 0.